The van der Waals surface area contributed by atoms with Gasteiger partial charge in [0, 0.05) is 12.3 Å². The van der Waals surface area contributed by atoms with Crippen molar-refractivity contribution >= 4 is 22.3 Å². The number of hydrogen-bond donors (Lipinski definition) is 1. The highest BCUT2D eigenvalue weighted by atomic mass is 32.2. The van der Waals surface area contributed by atoms with Crippen LogP contribution in [-0.4, -0.2) is 45.9 Å². The number of ether oxygens (including phenoxy) is 3. The zero-order valence-corrected chi connectivity index (χ0v) is 25.2. The van der Waals surface area contributed by atoms with Crippen molar-refractivity contribution in [1.29, 1.82) is 0 Å². The lowest BCUT2D eigenvalue weighted by molar-refractivity contribution is -0.274. The summed E-state index contributed by atoms with van der Waals surface area (Å²) in [5.41, 5.74) is 3.23. The lowest BCUT2D eigenvalue weighted by Crippen LogP contribution is -2.16. The van der Waals surface area contributed by atoms with E-state index in [1.165, 1.54) is 42.7 Å². The molecule has 5 rings (SSSR count). The molecule has 2 aromatic heterocycles. The maximum absolute atomic E-state index is 12.2. The summed E-state index contributed by atoms with van der Waals surface area (Å²) in [5.74, 6) is 0.740. The van der Waals surface area contributed by atoms with Gasteiger partial charge in [-0.05, 0) is 60.5 Å². The van der Waals surface area contributed by atoms with Crippen molar-refractivity contribution in [2.24, 2.45) is 0 Å². The van der Waals surface area contributed by atoms with Gasteiger partial charge in [0.1, 0.15) is 30.1 Å². The molecule has 0 saturated carbocycles. The molecule has 0 unspecified atom stereocenters. The van der Waals surface area contributed by atoms with Gasteiger partial charge in [-0.1, -0.05) is 47.2 Å². The predicted molar refractivity (Wildman–Crippen MR) is 160 cm³/mol. The maximum Gasteiger partial charge on any atom is 0.573 e. The predicted octanol–water partition coefficient (Wildman–Crippen LogP) is 6.37. The minimum absolute atomic E-state index is 0.0666. The van der Waals surface area contributed by atoms with E-state index in [0.29, 0.717) is 42.7 Å². The topological polar surface area (TPSA) is 139 Å². The van der Waals surface area contributed by atoms with Gasteiger partial charge in [0.15, 0.2) is 0 Å². The van der Waals surface area contributed by atoms with Crippen molar-refractivity contribution in [3.63, 3.8) is 0 Å². The van der Waals surface area contributed by atoms with E-state index in [-0.39, 0.29) is 17.3 Å². The fraction of sp³-hybridized carbons (Fsp3) is 0.194. The van der Waals surface area contributed by atoms with Crippen molar-refractivity contribution in [2.75, 3.05) is 6.61 Å². The number of rotatable bonds is 12. The second kappa shape index (κ2) is 15.8. The summed E-state index contributed by atoms with van der Waals surface area (Å²) < 4.78 is 88.5. The van der Waals surface area contributed by atoms with E-state index in [0.717, 1.165) is 11.1 Å². The lowest BCUT2D eigenvalue weighted by atomic mass is 10.2. The molecule has 2 heterocycles. The number of aryl methyl sites for hydroxylation is 1. The monoisotopic (exact) mass is 658 g/mol. The summed E-state index contributed by atoms with van der Waals surface area (Å²) in [6.07, 6.45) is 3.45. The fourth-order valence-corrected chi connectivity index (χ4v) is 4.14. The number of nitrogens with zero attached hydrogens (tertiary/aromatic N) is 4. The van der Waals surface area contributed by atoms with Gasteiger partial charge in [-0.3, -0.25) is 9.23 Å². The SMILES string of the molecule is Cc1ccc(S(=O)(=O)O)cc1.FC(F)(F)Oc1ccc(C=Cc2nc(COc3ccc(COCCn4ccnn4)cc3)co2)cc1. The van der Waals surface area contributed by atoms with Gasteiger partial charge in [0.2, 0.25) is 5.89 Å². The molecule has 11 nitrogen and oxygen atoms in total. The normalized spacial score (nSPS) is 11.7. The fourth-order valence-electron chi connectivity index (χ4n) is 3.66. The molecule has 0 amide bonds. The first kappa shape index (κ1) is 33.9. The number of hydrogen-bond acceptors (Lipinski definition) is 9. The maximum atomic E-state index is 12.2. The first-order valence-electron chi connectivity index (χ1n) is 13.6. The van der Waals surface area contributed by atoms with E-state index in [1.54, 1.807) is 41.4 Å². The summed E-state index contributed by atoms with van der Waals surface area (Å²) in [7, 11) is -4.02. The van der Waals surface area contributed by atoms with Crippen LogP contribution in [0.15, 0.2) is 101 Å². The van der Waals surface area contributed by atoms with E-state index < -0.39 is 16.5 Å². The van der Waals surface area contributed by atoms with E-state index in [1.807, 2.05) is 31.2 Å². The molecule has 0 spiro atoms. The number of aromatic nitrogens is 4. The third-order valence-corrected chi connectivity index (χ3v) is 6.80. The van der Waals surface area contributed by atoms with Crippen molar-refractivity contribution in [2.45, 2.75) is 37.9 Å². The average molecular weight is 659 g/mol. The molecule has 0 fully saturated rings. The zero-order chi connectivity index (χ0) is 33.0. The Bertz CT molecular complexity index is 1770. The van der Waals surface area contributed by atoms with Crippen LogP contribution in [0.1, 0.15) is 28.3 Å². The summed E-state index contributed by atoms with van der Waals surface area (Å²) >= 11 is 0. The molecule has 0 bridgehead atoms. The Labute approximate surface area is 262 Å². The smallest absolute Gasteiger partial charge is 0.487 e. The average Bonchev–Trinajstić information content (AvgIpc) is 3.70. The Morgan fingerprint density at radius 2 is 1.63 bits per heavy atom. The van der Waals surface area contributed by atoms with Crippen LogP contribution in [0.25, 0.3) is 12.2 Å². The van der Waals surface area contributed by atoms with Crippen molar-refractivity contribution in [1.82, 2.24) is 20.0 Å². The van der Waals surface area contributed by atoms with Crippen molar-refractivity contribution in [3.8, 4) is 11.5 Å². The third kappa shape index (κ3) is 11.8. The highest BCUT2D eigenvalue weighted by Gasteiger charge is 2.30. The Balaban J connectivity index is 0.000000369. The Kier molecular flexibility index (Phi) is 11.7. The number of oxazole rings is 1. The van der Waals surface area contributed by atoms with Crippen LogP contribution >= 0.6 is 0 Å². The summed E-state index contributed by atoms with van der Waals surface area (Å²) in [6.45, 7) is 3.70. The largest absolute Gasteiger partial charge is 0.573 e. The lowest BCUT2D eigenvalue weighted by Gasteiger charge is -2.08. The molecular formula is C31H29F3N4O7S. The van der Waals surface area contributed by atoms with E-state index in [2.05, 4.69) is 20.0 Å². The molecular weight excluding hydrogens is 629 g/mol. The third-order valence-electron chi connectivity index (χ3n) is 5.94. The quantitative estimate of drug-likeness (QED) is 0.119. The summed E-state index contributed by atoms with van der Waals surface area (Å²) in [5, 5.41) is 7.61. The number of alkyl halides is 3. The van der Waals surface area contributed by atoms with Crippen molar-refractivity contribution in [3.05, 3.63) is 120 Å². The molecule has 242 valence electrons. The second-order valence-electron chi connectivity index (χ2n) is 9.57. The van der Waals surface area contributed by atoms with Gasteiger partial charge in [0.05, 0.1) is 30.9 Å². The Morgan fingerprint density at radius 3 is 2.26 bits per heavy atom. The van der Waals surface area contributed by atoms with E-state index in [4.69, 9.17) is 18.4 Å². The van der Waals surface area contributed by atoms with Crippen LogP contribution in [0.4, 0.5) is 13.2 Å². The van der Waals surface area contributed by atoms with Crippen LogP contribution in [-0.2, 0) is 34.6 Å². The standard InChI is InChI=1S/C24H21F3N4O4.C7H8O3S/c25-24(26,27)35-22-8-1-18(2-9-22)5-10-23-29-20(17-34-23)16-33-21-6-3-19(4-7-21)15-32-14-13-31-12-11-28-30-31;1-6-2-4-7(5-3-6)11(8,9)10/h1-12,17H,13-16H2;2-5H,1H3,(H,8,9,10). The first-order valence-corrected chi connectivity index (χ1v) is 15.0. The molecule has 0 saturated heterocycles. The number of benzene rings is 3. The minimum atomic E-state index is -4.72. The molecule has 0 atom stereocenters. The molecule has 5 aromatic rings. The van der Waals surface area contributed by atoms with Gasteiger partial charge < -0.3 is 18.6 Å². The minimum Gasteiger partial charge on any atom is -0.487 e. The van der Waals surface area contributed by atoms with Gasteiger partial charge in [0.25, 0.3) is 10.1 Å². The Hall–Kier alpha value is -4.99. The highest BCUT2D eigenvalue weighted by Crippen LogP contribution is 2.23. The molecule has 0 aliphatic rings. The number of halogens is 3. The molecule has 46 heavy (non-hydrogen) atoms. The molecule has 0 aliphatic heterocycles. The highest BCUT2D eigenvalue weighted by molar-refractivity contribution is 7.85. The zero-order valence-electron chi connectivity index (χ0n) is 24.4. The summed E-state index contributed by atoms with van der Waals surface area (Å²) in [6, 6.07) is 19.0. The van der Waals surface area contributed by atoms with Crippen LogP contribution in [0.3, 0.4) is 0 Å². The molecule has 0 radical (unpaired) electrons. The van der Waals surface area contributed by atoms with Crippen LogP contribution in [0, 0.1) is 6.92 Å². The van der Waals surface area contributed by atoms with Gasteiger partial charge in [-0.2, -0.15) is 8.42 Å². The molecule has 1 N–H and O–H groups in total. The van der Waals surface area contributed by atoms with Gasteiger partial charge >= 0.3 is 6.36 Å². The van der Waals surface area contributed by atoms with Gasteiger partial charge in [-0.15, -0.1) is 18.3 Å². The molecule has 15 heteroatoms. The van der Waals surface area contributed by atoms with E-state index >= 15 is 0 Å². The van der Waals surface area contributed by atoms with Crippen molar-refractivity contribution < 1.29 is 44.8 Å². The summed E-state index contributed by atoms with van der Waals surface area (Å²) in [4.78, 5) is 4.24. The van der Waals surface area contributed by atoms with Crippen LogP contribution < -0.4 is 9.47 Å². The van der Waals surface area contributed by atoms with Crippen LogP contribution in [0.5, 0.6) is 11.5 Å². The first-order chi connectivity index (χ1) is 21.9. The van der Waals surface area contributed by atoms with Gasteiger partial charge in [-0.25, -0.2) is 4.98 Å². The molecule has 3 aromatic carbocycles. The van der Waals surface area contributed by atoms with Crippen LogP contribution in [0.2, 0.25) is 0 Å². The Morgan fingerprint density at radius 1 is 0.935 bits per heavy atom. The molecule has 0 aliphatic carbocycles. The second-order valence-corrected chi connectivity index (χ2v) is 11.0. The van der Waals surface area contributed by atoms with E-state index in [9.17, 15) is 21.6 Å².